The molecule has 0 aliphatic carbocycles. The summed E-state index contributed by atoms with van der Waals surface area (Å²) in [5.74, 6) is -0.728. The summed E-state index contributed by atoms with van der Waals surface area (Å²) in [4.78, 5) is 13.8. The van der Waals surface area contributed by atoms with Gasteiger partial charge < -0.3 is 14.6 Å². The van der Waals surface area contributed by atoms with E-state index in [2.05, 4.69) is 4.90 Å². The molecule has 2 fully saturated rings. The Morgan fingerprint density at radius 1 is 1.39 bits per heavy atom. The first kappa shape index (κ1) is 13.8. The molecule has 2 heterocycles. The Morgan fingerprint density at radius 2 is 2.06 bits per heavy atom. The van der Waals surface area contributed by atoms with Crippen LogP contribution in [0.1, 0.15) is 26.7 Å². The smallest absolute Gasteiger partial charge is 0.313 e. The molecule has 0 bridgehead atoms. The third-order valence-electron chi connectivity index (χ3n) is 3.80. The van der Waals surface area contributed by atoms with E-state index in [4.69, 9.17) is 9.47 Å². The van der Waals surface area contributed by atoms with Crippen LogP contribution in [0.5, 0.6) is 0 Å². The highest BCUT2D eigenvalue weighted by molar-refractivity contribution is 5.75. The molecule has 18 heavy (non-hydrogen) atoms. The number of carboxylic acids is 1. The summed E-state index contributed by atoms with van der Waals surface area (Å²) in [6, 6.07) is 0. The molecule has 5 heteroatoms. The molecule has 0 aromatic carbocycles. The van der Waals surface area contributed by atoms with Crippen molar-refractivity contribution in [2.24, 2.45) is 5.41 Å². The van der Waals surface area contributed by atoms with Crippen molar-refractivity contribution in [3.63, 3.8) is 0 Å². The maximum Gasteiger partial charge on any atom is 0.313 e. The summed E-state index contributed by atoms with van der Waals surface area (Å²) >= 11 is 0. The number of hydrogen-bond acceptors (Lipinski definition) is 4. The van der Waals surface area contributed by atoms with Gasteiger partial charge in [0.2, 0.25) is 0 Å². The molecule has 0 radical (unpaired) electrons. The second-order valence-corrected chi connectivity index (χ2v) is 5.69. The molecule has 0 amide bonds. The van der Waals surface area contributed by atoms with Gasteiger partial charge in [0, 0.05) is 26.2 Å². The molecular formula is C13H23NO4. The Kier molecular flexibility index (Phi) is 4.25. The predicted octanol–water partition coefficient (Wildman–Crippen LogP) is 0.977. The second kappa shape index (κ2) is 5.55. The Labute approximate surface area is 108 Å². The normalized spacial score (nSPS) is 38.6. The number of rotatable bonds is 3. The zero-order chi connectivity index (χ0) is 13.2. The predicted molar refractivity (Wildman–Crippen MR) is 66.6 cm³/mol. The molecule has 0 saturated carbocycles. The van der Waals surface area contributed by atoms with Gasteiger partial charge in [0.1, 0.15) is 5.41 Å². The van der Waals surface area contributed by atoms with Crippen LogP contribution >= 0.6 is 0 Å². The Hall–Kier alpha value is -0.650. The first-order chi connectivity index (χ1) is 8.52. The van der Waals surface area contributed by atoms with Crippen LogP contribution in [0.25, 0.3) is 0 Å². The van der Waals surface area contributed by atoms with Gasteiger partial charge in [-0.2, -0.15) is 0 Å². The topological polar surface area (TPSA) is 59.0 Å². The fourth-order valence-electron chi connectivity index (χ4n) is 3.05. The molecule has 1 N–H and O–H groups in total. The molecule has 2 aliphatic rings. The second-order valence-electron chi connectivity index (χ2n) is 5.69. The number of aliphatic carboxylic acids is 1. The van der Waals surface area contributed by atoms with Gasteiger partial charge in [0.15, 0.2) is 0 Å². The lowest BCUT2D eigenvalue weighted by atomic mass is 9.81. The summed E-state index contributed by atoms with van der Waals surface area (Å²) < 4.78 is 11.1. The van der Waals surface area contributed by atoms with Crippen molar-refractivity contribution in [2.75, 3.05) is 32.8 Å². The van der Waals surface area contributed by atoms with E-state index in [1.54, 1.807) is 0 Å². The fourth-order valence-corrected chi connectivity index (χ4v) is 3.05. The Balaban J connectivity index is 2.02. The van der Waals surface area contributed by atoms with Crippen LogP contribution in [-0.2, 0) is 14.3 Å². The number of carbonyl (C=O) groups is 1. The molecule has 3 unspecified atom stereocenters. The lowest BCUT2D eigenvalue weighted by molar-refractivity contribution is -0.162. The molecule has 3 atom stereocenters. The Bertz CT molecular complexity index is 291. The minimum Gasteiger partial charge on any atom is -0.481 e. The van der Waals surface area contributed by atoms with E-state index >= 15 is 0 Å². The van der Waals surface area contributed by atoms with E-state index in [0.717, 1.165) is 19.5 Å². The van der Waals surface area contributed by atoms with E-state index < -0.39 is 11.4 Å². The zero-order valence-electron chi connectivity index (χ0n) is 11.2. The highest BCUT2D eigenvalue weighted by Crippen LogP contribution is 2.31. The number of carboxylic acid groups (broad SMARTS) is 1. The van der Waals surface area contributed by atoms with Crippen LogP contribution in [0, 0.1) is 5.41 Å². The van der Waals surface area contributed by atoms with E-state index in [1.165, 1.54) is 0 Å². The van der Waals surface area contributed by atoms with Crippen molar-refractivity contribution in [1.82, 2.24) is 4.90 Å². The average Bonchev–Trinajstić information content (AvgIpc) is 2.28. The standard InChI is InChI=1S/C13H23NO4/c1-10-6-14(7-11(2)18-10)8-13(12(15)16)4-3-5-17-9-13/h10-11H,3-9H2,1-2H3,(H,15,16). The average molecular weight is 257 g/mol. The van der Waals surface area contributed by atoms with E-state index in [0.29, 0.717) is 26.2 Å². The minimum atomic E-state index is -0.728. The van der Waals surface area contributed by atoms with Crippen molar-refractivity contribution in [2.45, 2.75) is 38.9 Å². The van der Waals surface area contributed by atoms with E-state index in [9.17, 15) is 9.90 Å². The maximum absolute atomic E-state index is 11.6. The number of nitrogens with zero attached hydrogens (tertiary/aromatic N) is 1. The monoisotopic (exact) mass is 257 g/mol. The van der Waals surface area contributed by atoms with Crippen molar-refractivity contribution in [3.8, 4) is 0 Å². The van der Waals surface area contributed by atoms with Crippen molar-refractivity contribution in [1.29, 1.82) is 0 Å². The molecule has 2 rings (SSSR count). The van der Waals surface area contributed by atoms with Crippen LogP contribution in [0.2, 0.25) is 0 Å². The quantitative estimate of drug-likeness (QED) is 0.816. The third kappa shape index (κ3) is 3.02. The van der Waals surface area contributed by atoms with Gasteiger partial charge in [-0.1, -0.05) is 0 Å². The molecule has 2 aliphatic heterocycles. The highest BCUT2D eigenvalue weighted by atomic mass is 16.5. The first-order valence-electron chi connectivity index (χ1n) is 6.71. The molecule has 0 aromatic rings. The van der Waals surface area contributed by atoms with Gasteiger partial charge in [-0.15, -0.1) is 0 Å². The van der Waals surface area contributed by atoms with Crippen LogP contribution in [0.4, 0.5) is 0 Å². The van der Waals surface area contributed by atoms with Gasteiger partial charge >= 0.3 is 5.97 Å². The molecule has 2 saturated heterocycles. The molecule has 5 nitrogen and oxygen atoms in total. The largest absolute Gasteiger partial charge is 0.481 e. The summed E-state index contributed by atoms with van der Waals surface area (Å²) in [5.41, 5.74) is -0.727. The fraction of sp³-hybridized carbons (Fsp3) is 0.923. The van der Waals surface area contributed by atoms with Crippen LogP contribution in [0.3, 0.4) is 0 Å². The molecule has 0 aromatic heterocycles. The lowest BCUT2D eigenvalue weighted by Crippen LogP contribution is -2.54. The van der Waals surface area contributed by atoms with Crippen LogP contribution in [-0.4, -0.2) is 61.0 Å². The first-order valence-corrected chi connectivity index (χ1v) is 6.71. The summed E-state index contributed by atoms with van der Waals surface area (Å²) in [5, 5.41) is 9.51. The number of ether oxygens (including phenoxy) is 2. The van der Waals surface area contributed by atoms with Crippen molar-refractivity contribution < 1.29 is 19.4 Å². The van der Waals surface area contributed by atoms with E-state index in [-0.39, 0.29) is 12.2 Å². The number of morpholine rings is 1. The third-order valence-corrected chi connectivity index (χ3v) is 3.80. The van der Waals surface area contributed by atoms with Gasteiger partial charge in [0.25, 0.3) is 0 Å². The van der Waals surface area contributed by atoms with Crippen LogP contribution < -0.4 is 0 Å². The zero-order valence-corrected chi connectivity index (χ0v) is 11.2. The van der Waals surface area contributed by atoms with Gasteiger partial charge in [0.05, 0.1) is 18.8 Å². The minimum absolute atomic E-state index is 0.170. The maximum atomic E-state index is 11.6. The summed E-state index contributed by atoms with van der Waals surface area (Å²) in [6.07, 6.45) is 1.89. The van der Waals surface area contributed by atoms with Crippen molar-refractivity contribution in [3.05, 3.63) is 0 Å². The van der Waals surface area contributed by atoms with Gasteiger partial charge in [-0.05, 0) is 26.7 Å². The Morgan fingerprint density at radius 3 is 2.56 bits per heavy atom. The SMILES string of the molecule is CC1CN(CC2(C(=O)O)CCCOC2)CC(C)O1. The highest BCUT2D eigenvalue weighted by Gasteiger charge is 2.43. The summed E-state index contributed by atoms with van der Waals surface area (Å²) in [6.45, 7) is 7.27. The van der Waals surface area contributed by atoms with Crippen molar-refractivity contribution >= 4 is 5.97 Å². The number of hydrogen-bond donors (Lipinski definition) is 1. The molecular weight excluding hydrogens is 234 g/mol. The molecule has 0 spiro atoms. The van der Waals surface area contributed by atoms with Gasteiger partial charge in [-0.3, -0.25) is 9.69 Å². The van der Waals surface area contributed by atoms with E-state index in [1.807, 2.05) is 13.8 Å². The van der Waals surface area contributed by atoms with Crippen LogP contribution in [0.15, 0.2) is 0 Å². The van der Waals surface area contributed by atoms with Gasteiger partial charge in [-0.25, -0.2) is 0 Å². The molecule has 104 valence electrons. The lowest BCUT2D eigenvalue weighted by Gasteiger charge is -2.41. The summed E-state index contributed by atoms with van der Waals surface area (Å²) in [7, 11) is 0.